The van der Waals surface area contributed by atoms with Gasteiger partial charge in [0.2, 0.25) is 0 Å². The van der Waals surface area contributed by atoms with Gasteiger partial charge < -0.3 is 11.1 Å². The summed E-state index contributed by atoms with van der Waals surface area (Å²) in [6, 6.07) is 17.3. The van der Waals surface area contributed by atoms with Crippen LogP contribution in [0.25, 0.3) is 0 Å². The van der Waals surface area contributed by atoms with Crippen LogP contribution in [-0.4, -0.2) is 0 Å². The smallest absolute Gasteiger partial charge is 0.0397 e. The zero-order valence-corrected chi connectivity index (χ0v) is 21.5. The first-order valence-electron chi connectivity index (χ1n) is 12.8. The van der Waals surface area contributed by atoms with E-state index in [9.17, 15) is 0 Å². The maximum atomic E-state index is 5.76. The monoisotopic (exact) mass is 454 g/mol. The molecule has 1 aliphatic rings. The molecule has 0 aliphatic heterocycles. The molecule has 2 atom stereocenters. The first kappa shape index (κ1) is 25.8. The molecule has 0 radical (unpaired) electrons. The fourth-order valence-corrected chi connectivity index (χ4v) is 5.10. The average Bonchev–Trinajstić information content (AvgIpc) is 2.87. The van der Waals surface area contributed by atoms with Gasteiger partial charge in [-0.3, -0.25) is 0 Å². The van der Waals surface area contributed by atoms with Gasteiger partial charge in [-0.25, -0.2) is 0 Å². The first-order chi connectivity index (χ1) is 16.5. The summed E-state index contributed by atoms with van der Waals surface area (Å²) in [5.41, 5.74) is 16.4. The SMILES string of the molecule is C=C(NCc1ccc(CN)cc1)C(CC(CC)/C(=C/C)C1=C(C)CCC=C1)c1ccccc1C. The highest BCUT2D eigenvalue weighted by atomic mass is 14.9. The number of hydrogen-bond donors (Lipinski definition) is 2. The van der Waals surface area contributed by atoms with Gasteiger partial charge in [-0.05, 0) is 85.8 Å². The number of nitrogens with two attached hydrogens (primary N) is 1. The lowest BCUT2D eigenvalue weighted by Crippen LogP contribution is -2.22. The van der Waals surface area contributed by atoms with Crippen LogP contribution in [0.15, 0.2) is 95.8 Å². The molecule has 1 aliphatic carbocycles. The van der Waals surface area contributed by atoms with E-state index in [0.717, 1.165) is 43.5 Å². The van der Waals surface area contributed by atoms with Crippen LogP contribution < -0.4 is 11.1 Å². The summed E-state index contributed by atoms with van der Waals surface area (Å²) in [7, 11) is 0. The topological polar surface area (TPSA) is 38.0 Å². The van der Waals surface area contributed by atoms with Crippen molar-refractivity contribution in [1.29, 1.82) is 0 Å². The standard InChI is InChI=1S/C32H42N2/c1-6-28(29(7-2)30-14-10-8-12-23(30)3)20-32(31-15-11-9-13-24(31)4)25(5)34-22-27-18-16-26(21-33)17-19-27/h7,9-11,13-19,28,32,34H,5-6,8,12,20-22,33H2,1-4H3/b29-7-. The predicted octanol–water partition coefficient (Wildman–Crippen LogP) is 7.87. The summed E-state index contributed by atoms with van der Waals surface area (Å²) >= 11 is 0. The average molecular weight is 455 g/mol. The lowest BCUT2D eigenvalue weighted by Gasteiger charge is -2.30. The minimum Gasteiger partial charge on any atom is -0.384 e. The molecule has 0 saturated heterocycles. The van der Waals surface area contributed by atoms with Crippen molar-refractivity contribution in [2.75, 3.05) is 0 Å². The third kappa shape index (κ3) is 6.39. The minimum atomic E-state index is 0.248. The maximum Gasteiger partial charge on any atom is 0.0397 e. The zero-order chi connectivity index (χ0) is 24.5. The van der Waals surface area contributed by atoms with Gasteiger partial charge >= 0.3 is 0 Å². The second-order valence-electron chi connectivity index (χ2n) is 9.53. The fourth-order valence-electron chi connectivity index (χ4n) is 5.10. The van der Waals surface area contributed by atoms with Crippen LogP contribution in [0.5, 0.6) is 0 Å². The first-order valence-corrected chi connectivity index (χ1v) is 12.8. The molecule has 0 amide bonds. The van der Waals surface area contributed by atoms with Gasteiger partial charge in [0.25, 0.3) is 0 Å². The molecule has 34 heavy (non-hydrogen) atoms. The molecule has 2 nitrogen and oxygen atoms in total. The van der Waals surface area contributed by atoms with Gasteiger partial charge in [-0.15, -0.1) is 0 Å². The molecule has 3 rings (SSSR count). The number of nitrogens with one attached hydrogen (secondary N) is 1. The summed E-state index contributed by atoms with van der Waals surface area (Å²) < 4.78 is 0. The third-order valence-electron chi connectivity index (χ3n) is 7.27. The van der Waals surface area contributed by atoms with Gasteiger partial charge in [-0.1, -0.05) is 85.8 Å². The van der Waals surface area contributed by atoms with Gasteiger partial charge in [0.1, 0.15) is 0 Å². The molecular weight excluding hydrogens is 412 g/mol. The van der Waals surface area contributed by atoms with Crippen LogP contribution in [0.4, 0.5) is 0 Å². The molecule has 180 valence electrons. The summed E-state index contributed by atoms with van der Waals surface area (Å²) in [4.78, 5) is 0. The van der Waals surface area contributed by atoms with Crippen LogP contribution in [0.3, 0.4) is 0 Å². The van der Waals surface area contributed by atoms with Crippen molar-refractivity contribution < 1.29 is 0 Å². The summed E-state index contributed by atoms with van der Waals surface area (Å²) in [6.07, 6.45) is 11.5. The number of allylic oxidation sites excluding steroid dienone is 7. The number of rotatable bonds is 11. The molecule has 2 aromatic rings. The zero-order valence-electron chi connectivity index (χ0n) is 21.5. The van der Waals surface area contributed by atoms with E-state index >= 15 is 0 Å². The Kier molecular flexibility index (Phi) is 9.53. The van der Waals surface area contributed by atoms with Gasteiger partial charge in [0.15, 0.2) is 0 Å². The highest BCUT2D eigenvalue weighted by Crippen LogP contribution is 2.39. The molecule has 2 unspecified atom stereocenters. The molecule has 2 aromatic carbocycles. The van der Waals surface area contributed by atoms with Crippen LogP contribution in [0, 0.1) is 12.8 Å². The lowest BCUT2D eigenvalue weighted by molar-refractivity contribution is 0.491. The van der Waals surface area contributed by atoms with E-state index in [0.29, 0.717) is 12.5 Å². The quantitative estimate of drug-likeness (QED) is 0.362. The van der Waals surface area contributed by atoms with E-state index in [-0.39, 0.29) is 5.92 Å². The van der Waals surface area contributed by atoms with Crippen molar-refractivity contribution >= 4 is 0 Å². The largest absolute Gasteiger partial charge is 0.384 e. The molecule has 3 N–H and O–H groups in total. The molecule has 0 spiro atoms. The van der Waals surface area contributed by atoms with E-state index in [1.54, 1.807) is 0 Å². The minimum absolute atomic E-state index is 0.248. The lowest BCUT2D eigenvalue weighted by atomic mass is 9.77. The Labute approximate surface area is 207 Å². The van der Waals surface area contributed by atoms with E-state index in [1.165, 1.54) is 33.4 Å². The van der Waals surface area contributed by atoms with Crippen molar-refractivity contribution in [3.63, 3.8) is 0 Å². The Morgan fingerprint density at radius 1 is 1.09 bits per heavy atom. The molecule has 2 heteroatoms. The summed E-state index contributed by atoms with van der Waals surface area (Å²) in [6.45, 7) is 14.9. The fraction of sp³-hybridized carbons (Fsp3) is 0.375. The predicted molar refractivity (Wildman–Crippen MR) is 147 cm³/mol. The second kappa shape index (κ2) is 12.6. The normalized spacial score (nSPS) is 15.9. The van der Waals surface area contributed by atoms with E-state index in [1.807, 2.05) is 0 Å². The van der Waals surface area contributed by atoms with Gasteiger partial charge in [0, 0.05) is 24.7 Å². The van der Waals surface area contributed by atoms with Crippen molar-refractivity contribution in [3.05, 3.63) is 118 Å². The van der Waals surface area contributed by atoms with E-state index < -0.39 is 0 Å². The molecule has 0 saturated carbocycles. The van der Waals surface area contributed by atoms with Crippen molar-refractivity contribution in [1.82, 2.24) is 5.32 Å². The third-order valence-corrected chi connectivity index (χ3v) is 7.27. The van der Waals surface area contributed by atoms with Gasteiger partial charge in [0.05, 0.1) is 0 Å². The van der Waals surface area contributed by atoms with Crippen LogP contribution in [0.2, 0.25) is 0 Å². The van der Waals surface area contributed by atoms with Crippen LogP contribution in [-0.2, 0) is 13.1 Å². The highest BCUT2D eigenvalue weighted by molar-refractivity contribution is 5.46. The van der Waals surface area contributed by atoms with Gasteiger partial charge in [-0.2, -0.15) is 0 Å². The summed E-state index contributed by atoms with van der Waals surface area (Å²) in [5, 5.41) is 3.67. The molecule has 0 bridgehead atoms. The van der Waals surface area contributed by atoms with E-state index in [4.69, 9.17) is 5.73 Å². The number of aryl methyl sites for hydroxylation is 1. The Hall–Kier alpha value is -2.84. The Balaban J connectivity index is 1.85. The number of hydrogen-bond acceptors (Lipinski definition) is 2. The highest BCUT2D eigenvalue weighted by Gasteiger charge is 2.25. The van der Waals surface area contributed by atoms with Crippen molar-refractivity contribution in [2.24, 2.45) is 11.7 Å². The Morgan fingerprint density at radius 2 is 1.79 bits per heavy atom. The second-order valence-corrected chi connectivity index (χ2v) is 9.53. The number of benzene rings is 2. The van der Waals surface area contributed by atoms with E-state index in [2.05, 4.69) is 106 Å². The molecule has 0 fully saturated rings. The molecule has 0 aromatic heterocycles. The molecular formula is C32H42N2. The Morgan fingerprint density at radius 3 is 2.41 bits per heavy atom. The Bertz CT molecular complexity index is 1050. The summed E-state index contributed by atoms with van der Waals surface area (Å²) in [5.74, 6) is 0.725. The van der Waals surface area contributed by atoms with Crippen molar-refractivity contribution in [2.45, 2.75) is 72.4 Å². The van der Waals surface area contributed by atoms with Crippen LogP contribution in [0.1, 0.15) is 74.6 Å². The van der Waals surface area contributed by atoms with Crippen LogP contribution >= 0.6 is 0 Å². The maximum absolute atomic E-state index is 5.76. The molecule has 0 heterocycles. The van der Waals surface area contributed by atoms with Crippen molar-refractivity contribution in [3.8, 4) is 0 Å².